The molecule has 108 valence electrons. The Hall–Kier alpha value is -0.663. The minimum Gasteiger partial charge on any atom is -0.415 e. The van der Waals surface area contributed by atoms with E-state index in [0.29, 0.717) is 6.61 Å². The van der Waals surface area contributed by atoms with Crippen LogP contribution >= 0.6 is 15.9 Å². The predicted molar refractivity (Wildman–Crippen MR) is 80.4 cm³/mol. The summed E-state index contributed by atoms with van der Waals surface area (Å²) in [5.74, 6) is -0.319. The zero-order chi connectivity index (χ0) is 14.8. The molecule has 0 aromatic heterocycles. The van der Waals surface area contributed by atoms with Crippen molar-refractivity contribution in [3.05, 3.63) is 10.7 Å². The van der Waals surface area contributed by atoms with Gasteiger partial charge < -0.3 is 9.74 Å². The summed E-state index contributed by atoms with van der Waals surface area (Å²) in [7, 11) is -1.84. The third-order valence-electron chi connectivity index (χ3n) is 3.66. The molecule has 0 aromatic carbocycles. The van der Waals surface area contributed by atoms with Crippen molar-refractivity contribution in [3.63, 3.8) is 0 Å². The molecule has 0 atom stereocenters. The van der Waals surface area contributed by atoms with Gasteiger partial charge in [0.15, 0.2) is 8.32 Å². The maximum atomic E-state index is 11.8. The smallest absolute Gasteiger partial charge is 0.329 e. The quantitative estimate of drug-likeness (QED) is 0.482. The monoisotopic (exact) mass is 348 g/mol. The average molecular weight is 349 g/mol. The maximum absolute atomic E-state index is 11.8. The molecule has 5 nitrogen and oxygen atoms in total. The highest BCUT2D eigenvalue weighted by molar-refractivity contribution is 9.11. The van der Waals surface area contributed by atoms with Crippen LogP contribution < -0.4 is 5.32 Å². The van der Waals surface area contributed by atoms with Gasteiger partial charge in [0.2, 0.25) is 0 Å². The summed E-state index contributed by atoms with van der Waals surface area (Å²) in [6.45, 7) is 11.4. The number of amides is 3. The van der Waals surface area contributed by atoms with Crippen LogP contribution in [-0.2, 0) is 9.22 Å². The van der Waals surface area contributed by atoms with Gasteiger partial charge in [0.05, 0.1) is 13.2 Å². The molecule has 1 aliphatic heterocycles. The fourth-order valence-electron chi connectivity index (χ4n) is 1.36. The fourth-order valence-corrected chi connectivity index (χ4v) is 2.70. The Labute approximate surface area is 123 Å². The zero-order valence-electron chi connectivity index (χ0n) is 12.0. The lowest BCUT2D eigenvalue weighted by Crippen LogP contribution is -2.43. The summed E-state index contributed by atoms with van der Waals surface area (Å²) in [5, 5.41) is 2.61. The first kappa shape index (κ1) is 16.4. The van der Waals surface area contributed by atoms with Crippen LogP contribution in [0.5, 0.6) is 0 Å². The summed E-state index contributed by atoms with van der Waals surface area (Å²) in [4.78, 5) is 26.0. The molecular formula is C12H21BrN2O3Si. The number of hydrogen-bond acceptors (Lipinski definition) is 3. The lowest BCUT2D eigenvalue weighted by molar-refractivity contribution is -0.123. The Morgan fingerprint density at radius 1 is 1.37 bits per heavy atom. The highest BCUT2D eigenvalue weighted by Gasteiger charge is 2.38. The fraction of sp³-hybridized carbons (Fsp3) is 0.667. The molecular weight excluding hydrogens is 328 g/mol. The molecule has 7 heteroatoms. The van der Waals surface area contributed by atoms with Gasteiger partial charge in [-0.3, -0.25) is 9.69 Å². The number of urea groups is 1. The van der Waals surface area contributed by atoms with Crippen LogP contribution in [0.15, 0.2) is 10.7 Å². The van der Waals surface area contributed by atoms with E-state index >= 15 is 0 Å². The van der Waals surface area contributed by atoms with E-state index in [2.05, 4.69) is 55.1 Å². The molecule has 0 unspecified atom stereocenters. The van der Waals surface area contributed by atoms with Gasteiger partial charge in [0.25, 0.3) is 5.91 Å². The molecule has 3 amide bonds. The van der Waals surface area contributed by atoms with Gasteiger partial charge >= 0.3 is 6.03 Å². The second kappa shape index (κ2) is 5.76. The molecule has 1 heterocycles. The van der Waals surface area contributed by atoms with E-state index in [-0.39, 0.29) is 23.2 Å². The first-order valence-electron chi connectivity index (χ1n) is 6.17. The second-order valence-corrected chi connectivity index (χ2v) is 11.3. The van der Waals surface area contributed by atoms with E-state index < -0.39 is 14.3 Å². The number of hydrogen-bond donors (Lipinski definition) is 1. The van der Waals surface area contributed by atoms with Gasteiger partial charge in [-0.15, -0.1) is 0 Å². The number of carbonyl (C=O) groups is 2. The van der Waals surface area contributed by atoms with Crippen LogP contribution in [0.25, 0.3) is 0 Å². The number of rotatable bonds is 4. The SMILES string of the molecule is CC(C)(C)[Si](C)(C)OCCN1C(=O)NC(=CBr)C1=O. The van der Waals surface area contributed by atoms with E-state index in [1.165, 1.54) is 9.89 Å². The van der Waals surface area contributed by atoms with E-state index in [9.17, 15) is 9.59 Å². The first-order valence-corrected chi connectivity index (χ1v) is 10.00. The number of carbonyl (C=O) groups excluding carboxylic acids is 2. The standard InChI is InChI=1S/C12H21BrN2O3Si/c1-12(2,3)19(4,5)18-7-6-15-10(16)9(8-13)14-11(15)17/h8H,6-7H2,1-5H3,(H,14,17). The topological polar surface area (TPSA) is 58.6 Å². The Bertz CT molecular complexity index is 416. The van der Waals surface area contributed by atoms with Crippen LogP contribution in [0.4, 0.5) is 4.79 Å². The zero-order valence-corrected chi connectivity index (χ0v) is 14.6. The second-order valence-electron chi connectivity index (χ2n) is 6.02. The van der Waals surface area contributed by atoms with Crippen molar-refractivity contribution in [2.75, 3.05) is 13.2 Å². The predicted octanol–water partition coefficient (Wildman–Crippen LogP) is 2.80. The van der Waals surface area contributed by atoms with E-state index in [1.807, 2.05) is 0 Å². The Balaban J connectivity index is 2.55. The lowest BCUT2D eigenvalue weighted by atomic mass is 10.2. The van der Waals surface area contributed by atoms with Crippen LogP contribution in [-0.4, -0.2) is 38.3 Å². The van der Waals surface area contributed by atoms with Crippen molar-refractivity contribution in [2.45, 2.75) is 38.9 Å². The number of nitrogens with zero attached hydrogens (tertiary/aromatic N) is 1. The third-order valence-corrected chi connectivity index (χ3v) is 8.65. The van der Waals surface area contributed by atoms with Gasteiger partial charge in [-0.25, -0.2) is 4.79 Å². The van der Waals surface area contributed by atoms with Gasteiger partial charge in [-0.05, 0) is 18.1 Å². The van der Waals surface area contributed by atoms with Crippen LogP contribution in [0.2, 0.25) is 18.1 Å². The normalized spacial score (nSPS) is 19.3. The summed E-state index contributed by atoms with van der Waals surface area (Å²) in [5.41, 5.74) is 0.261. The molecule has 1 saturated heterocycles. The minimum atomic E-state index is -1.84. The Morgan fingerprint density at radius 3 is 2.37 bits per heavy atom. The van der Waals surface area contributed by atoms with Crippen LogP contribution in [0, 0.1) is 0 Å². The van der Waals surface area contributed by atoms with Crippen molar-refractivity contribution < 1.29 is 14.0 Å². The van der Waals surface area contributed by atoms with E-state index in [0.717, 1.165) is 0 Å². The first-order chi connectivity index (χ1) is 8.60. The summed E-state index contributed by atoms with van der Waals surface area (Å²) >= 11 is 3.05. The molecule has 19 heavy (non-hydrogen) atoms. The molecule has 0 radical (unpaired) electrons. The van der Waals surface area contributed by atoms with Gasteiger partial charge in [-0.1, -0.05) is 36.7 Å². The Kier molecular flexibility index (Phi) is 4.97. The summed E-state index contributed by atoms with van der Waals surface area (Å²) in [6, 6.07) is -0.394. The third kappa shape index (κ3) is 3.67. The van der Waals surface area contributed by atoms with Crippen LogP contribution in [0.3, 0.4) is 0 Å². The van der Waals surface area contributed by atoms with Crippen molar-refractivity contribution >= 4 is 36.2 Å². The van der Waals surface area contributed by atoms with Gasteiger partial charge in [0, 0.05) is 4.99 Å². The maximum Gasteiger partial charge on any atom is 0.329 e. The number of nitrogens with one attached hydrogen (secondary N) is 1. The molecule has 1 rings (SSSR count). The number of imide groups is 1. The number of halogens is 1. The van der Waals surface area contributed by atoms with Crippen molar-refractivity contribution in [3.8, 4) is 0 Å². The molecule has 0 bridgehead atoms. The van der Waals surface area contributed by atoms with Crippen LogP contribution in [0.1, 0.15) is 20.8 Å². The largest absolute Gasteiger partial charge is 0.415 e. The molecule has 1 fully saturated rings. The molecule has 1 aliphatic rings. The van der Waals surface area contributed by atoms with E-state index in [1.54, 1.807) is 0 Å². The molecule has 0 spiro atoms. The average Bonchev–Trinajstić information content (AvgIpc) is 2.54. The molecule has 1 N–H and O–H groups in total. The summed E-state index contributed by atoms with van der Waals surface area (Å²) < 4.78 is 5.96. The van der Waals surface area contributed by atoms with Crippen molar-refractivity contribution in [1.82, 2.24) is 10.2 Å². The molecule has 0 saturated carbocycles. The van der Waals surface area contributed by atoms with Crippen molar-refractivity contribution in [1.29, 1.82) is 0 Å². The van der Waals surface area contributed by atoms with Gasteiger partial charge in [0.1, 0.15) is 5.70 Å². The van der Waals surface area contributed by atoms with Crippen molar-refractivity contribution in [2.24, 2.45) is 0 Å². The van der Waals surface area contributed by atoms with Gasteiger partial charge in [-0.2, -0.15) is 0 Å². The highest BCUT2D eigenvalue weighted by Crippen LogP contribution is 2.36. The summed E-state index contributed by atoms with van der Waals surface area (Å²) in [6.07, 6.45) is 0. The van der Waals surface area contributed by atoms with E-state index in [4.69, 9.17) is 4.43 Å². The lowest BCUT2D eigenvalue weighted by Gasteiger charge is -2.36. The molecule has 0 aliphatic carbocycles. The molecule has 0 aromatic rings. The highest BCUT2D eigenvalue weighted by atomic mass is 79.9. The minimum absolute atomic E-state index is 0.116. The Morgan fingerprint density at radius 2 is 1.95 bits per heavy atom.